The summed E-state index contributed by atoms with van der Waals surface area (Å²) in [6.07, 6.45) is 0. The standard InChI is InChI=1S/C26H20N2O8/c29-23(13-27-19-5-1-3-7-21(19)35-25(27)31)33-15-17-9-11-18(12-10-17)16-34-24(30)14-28-20-6-2-4-8-22(20)36-26(28)32/h1-12H,13-16H2. The molecule has 0 amide bonds. The van der Waals surface area contributed by atoms with Crippen molar-refractivity contribution in [1.29, 1.82) is 0 Å². The minimum atomic E-state index is -0.627. The molecule has 0 bridgehead atoms. The van der Waals surface area contributed by atoms with Crippen LogP contribution in [0.15, 0.2) is 91.2 Å². The number of fused-ring (bicyclic) bond motifs is 2. The van der Waals surface area contributed by atoms with E-state index in [1.165, 1.54) is 9.13 Å². The molecule has 0 radical (unpaired) electrons. The zero-order valence-corrected chi connectivity index (χ0v) is 18.9. The van der Waals surface area contributed by atoms with E-state index in [0.717, 1.165) is 11.1 Å². The molecular weight excluding hydrogens is 468 g/mol. The maximum absolute atomic E-state index is 12.2. The predicted octanol–water partition coefficient (Wildman–Crippen LogP) is 2.99. The largest absolute Gasteiger partial charge is 0.459 e. The van der Waals surface area contributed by atoms with Gasteiger partial charge in [0.1, 0.15) is 26.3 Å². The number of hydrogen-bond acceptors (Lipinski definition) is 8. The van der Waals surface area contributed by atoms with E-state index in [1.54, 1.807) is 72.8 Å². The van der Waals surface area contributed by atoms with Crippen LogP contribution in [0.2, 0.25) is 0 Å². The maximum Gasteiger partial charge on any atom is 0.420 e. The Morgan fingerprint density at radius 2 is 1.00 bits per heavy atom. The quantitative estimate of drug-likeness (QED) is 0.306. The molecule has 0 saturated heterocycles. The van der Waals surface area contributed by atoms with E-state index in [4.69, 9.17) is 18.3 Å². The van der Waals surface area contributed by atoms with Gasteiger partial charge in [-0.25, -0.2) is 9.59 Å². The fraction of sp³-hybridized carbons (Fsp3) is 0.154. The Balaban J connectivity index is 1.12. The Hall–Kier alpha value is -4.86. The Bertz CT molecular complexity index is 1550. The first kappa shape index (κ1) is 22.9. The number of nitrogens with zero attached hydrogens (tertiary/aromatic N) is 2. The fourth-order valence-electron chi connectivity index (χ4n) is 3.74. The number of carbonyl (C=O) groups is 2. The molecular formula is C26H20N2O8. The van der Waals surface area contributed by atoms with Gasteiger partial charge >= 0.3 is 23.5 Å². The average Bonchev–Trinajstić information content (AvgIpc) is 3.37. The van der Waals surface area contributed by atoms with Crippen molar-refractivity contribution in [1.82, 2.24) is 9.13 Å². The van der Waals surface area contributed by atoms with E-state index >= 15 is 0 Å². The van der Waals surface area contributed by atoms with Gasteiger partial charge in [-0.2, -0.15) is 0 Å². The number of ether oxygens (including phenoxy) is 2. The molecule has 0 aliphatic heterocycles. The summed E-state index contributed by atoms with van der Waals surface area (Å²) < 4.78 is 23.2. The molecule has 0 aliphatic carbocycles. The Morgan fingerprint density at radius 3 is 1.42 bits per heavy atom. The van der Waals surface area contributed by atoms with Crippen molar-refractivity contribution in [2.45, 2.75) is 26.3 Å². The van der Waals surface area contributed by atoms with Crippen LogP contribution in [0.5, 0.6) is 0 Å². The van der Waals surface area contributed by atoms with Crippen LogP contribution in [0.4, 0.5) is 0 Å². The van der Waals surface area contributed by atoms with Gasteiger partial charge < -0.3 is 18.3 Å². The molecule has 182 valence electrons. The van der Waals surface area contributed by atoms with Gasteiger partial charge in [-0.15, -0.1) is 0 Å². The van der Waals surface area contributed by atoms with Crippen LogP contribution in [-0.4, -0.2) is 21.1 Å². The lowest BCUT2D eigenvalue weighted by Gasteiger charge is -2.08. The summed E-state index contributed by atoms with van der Waals surface area (Å²) in [5, 5.41) is 0. The second-order valence-corrected chi connectivity index (χ2v) is 7.98. The number of hydrogen-bond donors (Lipinski definition) is 0. The molecule has 2 heterocycles. The highest BCUT2D eigenvalue weighted by atomic mass is 16.5. The third-order valence-electron chi connectivity index (χ3n) is 5.54. The summed E-state index contributed by atoms with van der Waals surface area (Å²) in [5.74, 6) is -2.41. The number of esters is 2. The van der Waals surface area contributed by atoms with E-state index in [-0.39, 0.29) is 26.3 Å². The Labute approximate surface area is 202 Å². The summed E-state index contributed by atoms with van der Waals surface area (Å²) in [6, 6.07) is 20.6. The fourth-order valence-corrected chi connectivity index (χ4v) is 3.74. The summed E-state index contributed by atoms with van der Waals surface area (Å²) in [7, 11) is 0. The van der Waals surface area contributed by atoms with E-state index in [2.05, 4.69) is 0 Å². The van der Waals surface area contributed by atoms with Crippen molar-refractivity contribution in [3.63, 3.8) is 0 Å². The first-order valence-electron chi connectivity index (χ1n) is 11.0. The normalized spacial score (nSPS) is 11.1. The molecule has 10 heteroatoms. The lowest BCUT2D eigenvalue weighted by molar-refractivity contribution is -0.146. The highest BCUT2D eigenvalue weighted by Gasteiger charge is 2.15. The van der Waals surface area contributed by atoms with Crippen LogP contribution in [0.25, 0.3) is 22.2 Å². The lowest BCUT2D eigenvalue weighted by Crippen LogP contribution is -2.21. The summed E-state index contributed by atoms with van der Waals surface area (Å²) in [5.41, 5.74) is 3.28. The zero-order chi connectivity index (χ0) is 25.1. The smallest absolute Gasteiger partial charge is 0.420 e. The van der Waals surface area contributed by atoms with Crippen molar-refractivity contribution >= 4 is 34.1 Å². The highest BCUT2D eigenvalue weighted by Crippen LogP contribution is 2.14. The van der Waals surface area contributed by atoms with Gasteiger partial charge in [0.25, 0.3) is 0 Å². The van der Waals surface area contributed by atoms with Crippen LogP contribution < -0.4 is 11.5 Å². The monoisotopic (exact) mass is 488 g/mol. The summed E-state index contributed by atoms with van der Waals surface area (Å²) in [6.45, 7) is -0.502. The number of aromatic nitrogens is 2. The molecule has 0 fully saturated rings. The van der Waals surface area contributed by atoms with Crippen LogP contribution >= 0.6 is 0 Å². The van der Waals surface area contributed by atoms with Crippen molar-refractivity contribution < 1.29 is 27.9 Å². The molecule has 3 aromatic carbocycles. The molecule has 0 atom stereocenters. The van der Waals surface area contributed by atoms with Gasteiger partial charge in [0.15, 0.2) is 11.2 Å². The maximum atomic E-state index is 12.2. The molecule has 5 aromatic rings. The first-order valence-corrected chi connectivity index (χ1v) is 11.0. The molecule has 2 aromatic heterocycles. The lowest BCUT2D eigenvalue weighted by atomic mass is 10.1. The van der Waals surface area contributed by atoms with Crippen LogP contribution in [0.3, 0.4) is 0 Å². The Kier molecular flexibility index (Phi) is 6.23. The topological polar surface area (TPSA) is 123 Å². The van der Waals surface area contributed by atoms with Gasteiger partial charge in [0.05, 0.1) is 11.0 Å². The Morgan fingerprint density at radius 1 is 0.611 bits per heavy atom. The number of para-hydroxylation sites is 4. The highest BCUT2D eigenvalue weighted by molar-refractivity contribution is 5.77. The minimum Gasteiger partial charge on any atom is -0.459 e. The molecule has 0 saturated carbocycles. The van der Waals surface area contributed by atoms with Crippen molar-refractivity contribution in [2.75, 3.05) is 0 Å². The van der Waals surface area contributed by atoms with E-state index < -0.39 is 23.5 Å². The number of carbonyl (C=O) groups excluding carboxylic acids is 2. The van der Waals surface area contributed by atoms with Gasteiger partial charge in [0.2, 0.25) is 0 Å². The van der Waals surface area contributed by atoms with Crippen LogP contribution in [0.1, 0.15) is 11.1 Å². The third-order valence-corrected chi connectivity index (χ3v) is 5.54. The molecule has 5 rings (SSSR count). The van der Waals surface area contributed by atoms with Crippen molar-refractivity contribution in [3.05, 3.63) is 105 Å². The second kappa shape index (κ2) is 9.79. The molecule has 0 unspecified atom stereocenters. The number of oxazole rings is 2. The second-order valence-electron chi connectivity index (χ2n) is 7.98. The predicted molar refractivity (Wildman–Crippen MR) is 127 cm³/mol. The van der Waals surface area contributed by atoms with Crippen LogP contribution in [-0.2, 0) is 45.4 Å². The summed E-state index contributed by atoms with van der Waals surface area (Å²) in [4.78, 5) is 48.5. The van der Waals surface area contributed by atoms with Gasteiger partial charge in [-0.1, -0.05) is 48.5 Å². The first-order chi connectivity index (χ1) is 17.5. The average molecular weight is 488 g/mol. The van der Waals surface area contributed by atoms with Crippen LogP contribution in [0, 0.1) is 0 Å². The molecule has 10 nitrogen and oxygen atoms in total. The molecule has 0 aliphatic rings. The molecule has 36 heavy (non-hydrogen) atoms. The van der Waals surface area contributed by atoms with Crippen molar-refractivity contribution in [3.8, 4) is 0 Å². The van der Waals surface area contributed by atoms with Crippen molar-refractivity contribution in [2.24, 2.45) is 0 Å². The van der Waals surface area contributed by atoms with E-state index in [0.29, 0.717) is 22.2 Å². The van der Waals surface area contributed by atoms with Gasteiger partial charge in [-0.05, 0) is 35.4 Å². The summed E-state index contributed by atoms with van der Waals surface area (Å²) >= 11 is 0. The van der Waals surface area contributed by atoms with E-state index in [9.17, 15) is 19.2 Å². The molecule has 0 N–H and O–H groups in total. The number of benzene rings is 3. The molecule has 0 spiro atoms. The third kappa shape index (κ3) is 4.83. The van der Waals surface area contributed by atoms with E-state index in [1.807, 2.05) is 0 Å². The minimum absolute atomic E-state index is 0.0138. The number of rotatable bonds is 8. The SMILES string of the molecule is O=C(Cn1c(=O)oc2ccccc21)OCc1ccc(COC(=O)Cn2c(=O)oc3ccccc32)cc1. The zero-order valence-electron chi connectivity index (χ0n) is 18.9. The van der Waals surface area contributed by atoms with Gasteiger partial charge in [0, 0.05) is 0 Å². The van der Waals surface area contributed by atoms with Gasteiger partial charge in [-0.3, -0.25) is 18.7 Å².